The van der Waals surface area contributed by atoms with Crippen LogP contribution in [0, 0.1) is 5.92 Å². The molecule has 3 aromatic rings. The molecule has 0 saturated heterocycles. The van der Waals surface area contributed by atoms with Gasteiger partial charge in [0.2, 0.25) is 5.91 Å². The number of ether oxygens (including phenoxy) is 2. The van der Waals surface area contributed by atoms with E-state index in [9.17, 15) is 4.79 Å². The topological polar surface area (TPSA) is 63.9 Å². The number of hydrogen-bond acceptors (Lipinski definition) is 5. The van der Waals surface area contributed by atoms with E-state index in [4.69, 9.17) is 13.9 Å². The molecule has 1 N–H and O–H groups in total. The summed E-state index contributed by atoms with van der Waals surface area (Å²) >= 11 is 0. The Morgan fingerprint density at radius 1 is 1.00 bits per heavy atom. The van der Waals surface area contributed by atoms with E-state index in [-0.39, 0.29) is 24.4 Å². The lowest BCUT2D eigenvalue weighted by molar-refractivity contribution is -0.118. The maximum atomic E-state index is 13.3. The molecule has 4 rings (SSSR count). The number of fused-ring (bicyclic) bond motifs is 1. The number of carbonyl (C=O) groups excluding carboxylic acids is 1. The Morgan fingerprint density at radius 2 is 1.78 bits per heavy atom. The van der Waals surface area contributed by atoms with Crippen LogP contribution in [0.4, 0.5) is 5.69 Å². The highest BCUT2D eigenvalue weighted by Crippen LogP contribution is 2.34. The average Bonchev–Trinajstić information content (AvgIpc) is 3.21. The molecule has 0 aliphatic carbocycles. The van der Waals surface area contributed by atoms with Gasteiger partial charge in [0.15, 0.2) is 11.5 Å². The second kappa shape index (κ2) is 10.4. The average molecular weight is 435 g/mol. The highest BCUT2D eigenvalue weighted by Gasteiger charge is 2.22. The van der Waals surface area contributed by atoms with Gasteiger partial charge in [0.25, 0.3) is 0 Å². The maximum absolute atomic E-state index is 13.3. The first kappa shape index (κ1) is 22.0. The molecule has 0 unspecified atom stereocenters. The second-order valence-electron chi connectivity index (χ2n) is 8.25. The summed E-state index contributed by atoms with van der Waals surface area (Å²) in [4.78, 5) is 15.0. The molecular weight excluding hydrogens is 404 g/mol. The van der Waals surface area contributed by atoms with E-state index in [1.54, 1.807) is 11.2 Å². The normalized spacial score (nSPS) is 14.1. The Kier molecular flexibility index (Phi) is 7.12. The van der Waals surface area contributed by atoms with E-state index in [2.05, 4.69) is 19.2 Å². The molecule has 1 amide bonds. The van der Waals surface area contributed by atoms with Crippen LogP contribution in [0.1, 0.15) is 37.6 Å². The first-order chi connectivity index (χ1) is 15.6. The molecule has 1 atom stereocenters. The van der Waals surface area contributed by atoms with Crippen LogP contribution in [0.5, 0.6) is 11.5 Å². The van der Waals surface area contributed by atoms with Crippen molar-refractivity contribution in [2.75, 3.05) is 24.7 Å². The number of furan rings is 1. The molecule has 168 valence electrons. The predicted octanol–water partition coefficient (Wildman–Crippen LogP) is 4.96. The lowest BCUT2D eigenvalue weighted by Gasteiger charge is -2.27. The molecule has 2 heterocycles. The number of nitrogens with one attached hydrogen (secondary N) is 1. The third-order valence-corrected chi connectivity index (χ3v) is 5.53. The molecule has 0 spiro atoms. The zero-order chi connectivity index (χ0) is 22.3. The Hall–Kier alpha value is -3.25. The van der Waals surface area contributed by atoms with Crippen LogP contribution in [-0.2, 0) is 11.3 Å². The van der Waals surface area contributed by atoms with Crippen LogP contribution >= 0.6 is 0 Å². The summed E-state index contributed by atoms with van der Waals surface area (Å²) < 4.78 is 17.1. The fraction of sp³-hybridized carbons (Fsp3) is 0.346. The molecular formula is C26H30N2O4. The zero-order valence-corrected chi connectivity index (χ0v) is 18.6. The van der Waals surface area contributed by atoms with E-state index in [1.165, 1.54) is 0 Å². The lowest BCUT2D eigenvalue weighted by Crippen LogP contribution is -2.40. The minimum Gasteiger partial charge on any atom is -0.490 e. The Labute approximate surface area is 189 Å². The van der Waals surface area contributed by atoms with E-state index in [0.717, 1.165) is 34.9 Å². The molecule has 0 radical (unpaired) electrons. The smallest absolute Gasteiger partial charge is 0.241 e. The molecule has 1 aromatic heterocycles. The van der Waals surface area contributed by atoms with Crippen LogP contribution in [0.25, 0.3) is 0 Å². The summed E-state index contributed by atoms with van der Waals surface area (Å²) in [5.74, 6) is 2.54. The summed E-state index contributed by atoms with van der Waals surface area (Å²) in [6.07, 6.45) is 2.50. The standard InChI is InChI=1S/C26H30N2O4/c1-19(2)26(20-11-12-23-24(16-20)32-15-7-14-31-23)27-17-25(29)28(18-22-10-6-13-30-22)21-8-4-3-5-9-21/h3-6,8-13,16,19,26-27H,7,14-15,17-18H2,1-2H3/t26-/m0/s1. The summed E-state index contributed by atoms with van der Waals surface area (Å²) in [6, 6.07) is 19.4. The number of carbonyl (C=O) groups is 1. The Morgan fingerprint density at radius 3 is 2.50 bits per heavy atom. The monoisotopic (exact) mass is 434 g/mol. The molecule has 6 nitrogen and oxygen atoms in total. The molecule has 0 fully saturated rings. The number of rotatable bonds is 8. The summed E-state index contributed by atoms with van der Waals surface area (Å²) in [5, 5.41) is 3.47. The van der Waals surface area contributed by atoms with E-state index >= 15 is 0 Å². The number of hydrogen-bond donors (Lipinski definition) is 1. The van der Waals surface area contributed by atoms with Crippen molar-refractivity contribution in [3.63, 3.8) is 0 Å². The van der Waals surface area contributed by atoms with E-state index < -0.39 is 0 Å². The molecule has 0 bridgehead atoms. The summed E-state index contributed by atoms with van der Waals surface area (Å²) in [6.45, 7) is 6.18. The molecule has 1 aliphatic heterocycles. The number of para-hydroxylation sites is 1. The minimum atomic E-state index is -0.0207. The van der Waals surface area contributed by atoms with E-state index in [1.807, 2.05) is 60.7 Å². The van der Waals surface area contributed by atoms with Gasteiger partial charge in [-0.1, -0.05) is 38.1 Å². The maximum Gasteiger partial charge on any atom is 0.241 e. The van der Waals surface area contributed by atoms with Gasteiger partial charge in [-0.3, -0.25) is 4.79 Å². The third-order valence-electron chi connectivity index (χ3n) is 5.53. The molecule has 2 aromatic carbocycles. The quantitative estimate of drug-likeness (QED) is 0.543. The van der Waals surface area contributed by atoms with Gasteiger partial charge in [-0.2, -0.15) is 0 Å². The van der Waals surface area contributed by atoms with Crippen LogP contribution in [-0.4, -0.2) is 25.7 Å². The van der Waals surface area contributed by atoms with Gasteiger partial charge in [0.05, 0.1) is 32.6 Å². The van der Waals surface area contributed by atoms with Gasteiger partial charge in [-0.05, 0) is 47.9 Å². The Balaban J connectivity index is 1.49. The van der Waals surface area contributed by atoms with Crippen LogP contribution in [0.2, 0.25) is 0 Å². The van der Waals surface area contributed by atoms with Gasteiger partial charge in [-0.25, -0.2) is 0 Å². The van der Waals surface area contributed by atoms with Crippen molar-refractivity contribution in [3.8, 4) is 11.5 Å². The third kappa shape index (κ3) is 5.32. The fourth-order valence-corrected chi connectivity index (χ4v) is 3.89. The Bertz CT molecular complexity index is 1000. The van der Waals surface area contributed by atoms with Gasteiger partial charge in [0.1, 0.15) is 5.76 Å². The van der Waals surface area contributed by atoms with Gasteiger partial charge >= 0.3 is 0 Å². The summed E-state index contributed by atoms with van der Waals surface area (Å²) in [5.41, 5.74) is 1.92. The highest BCUT2D eigenvalue weighted by molar-refractivity contribution is 5.94. The highest BCUT2D eigenvalue weighted by atomic mass is 16.5. The molecule has 1 aliphatic rings. The number of benzene rings is 2. The van der Waals surface area contributed by atoms with E-state index in [0.29, 0.717) is 19.8 Å². The first-order valence-electron chi connectivity index (χ1n) is 11.1. The van der Waals surface area contributed by atoms with Crippen molar-refractivity contribution >= 4 is 11.6 Å². The SMILES string of the molecule is CC(C)[C@H](NCC(=O)N(Cc1ccco1)c1ccccc1)c1ccc2c(c1)OCCCO2. The van der Waals surface area contributed by atoms with Crippen LogP contribution in [0.15, 0.2) is 71.3 Å². The fourth-order valence-electron chi connectivity index (χ4n) is 3.89. The van der Waals surface area contributed by atoms with Gasteiger partial charge in [-0.15, -0.1) is 0 Å². The predicted molar refractivity (Wildman–Crippen MR) is 124 cm³/mol. The van der Waals surface area contributed by atoms with Crippen molar-refractivity contribution in [1.29, 1.82) is 0 Å². The number of amides is 1. The van der Waals surface area contributed by atoms with Gasteiger partial charge < -0.3 is 24.1 Å². The van der Waals surface area contributed by atoms with Crippen LogP contribution < -0.4 is 19.7 Å². The van der Waals surface area contributed by atoms with Crippen molar-refractivity contribution in [2.45, 2.75) is 32.9 Å². The van der Waals surface area contributed by atoms with Crippen LogP contribution in [0.3, 0.4) is 0 Å². The number of anilines is 1. The second-order valence-corrected chi connectivity index (χ2v) is 8.25. The van der Waals surface area contributed by atoms with Gasteiger partial charge in [0, 0.05) is 18.2 Å². The summed E-state index contributed by atoms with van der Waals surface area (Å²) in [7, 11) is 0. The minimum absolute atomic E-state index is 0.00246. The largest absolute Gasteiger partial charge is 0.490 e. The lowest BCUT2D eigenvalue weighted by atomic mass is 9.95. The molecule has 32 heavy (non-hydrogen) atoms. The van der Waals surface area contributed by atoms with Crippen molar-refractivity contribution in [3.05, 3.63) is 78.3 Å². The molecule has 0 saturated carbocycles. The molecule has 6 heteroatoms. The van der Waals surface area contributed by atoms with Crippen molar-refractivity contribution in [1.82, 2.24) is 5.32 Å². The first-order valence-corrected chi connectivity index (χ1v) is 11.1. The number of nitrogens with zero attached hydrogens (tertiary/aromatic N) is 1. The van der Waals surface area contributed by atoms with Crippen molar-refractivity contribution in [2.24, 2.45) is 5.92 Å². The van der Waals surface area contributed by atoms with Crippen molar-refractivity contribution < 1.29 is 18.7 Å². The zero-order valence-electron chi connectivity index (χ0n) is 18.6.